The van der Waals surface area contributed by atoms with Crippen LogP contribution in [0.15, 0.2) is 29.2 Å². The molecule has 2 aliphatic rings. The van der Waals surface area contributed by atoms with Crippen molar-refractivity contribution in [2.24, 2.45) is 5.92 Å². The van der Waals surface area contributed by atoms with Crippen LogP contribution in [0.4, 0.5) is 4.79 Å². The Kier molecular flexibility index (Phi) is 5.58. The highest BCUT2D eigenvalue weighted by Crippen LogP contribution is 2.30. The molecule has 2 aliphatic heterocycles. The van der Waals surface area contributed by atoms with E-state index in [1.54, 1.807) is 17.0 Å². The first-order valence-corrected chi connectivity index (χ1v) is 10.9. The lowest BCUT2D eigenvalue weighted by molar-refractivity contribution is 0.110. The Morgan fingerprint density at radius 1 is 1.00 bits per heavy atom. The molecule has 1 aromatic rings. The van der Waals surface area contributed by atoms with E-state index >= 15 is 0 Å². The summed E-state index contributed by atoms with van der Waals surface area (Å²) in [7, 11) is -3.63. The van der Waals surface area contributed by atoms with Gasteiger partial charge in [0, 0.05) is 26.2 Å². The van der Waals surface area contributed by atoms with E-state index in [0.717, 1.165) is 37.9 Å². The molecule has 0 unspecified atom stereocenters. The molecule has 0 saturated carbocycles. The van der Waals surface area contributed by atoms with Gasteiger partial charge in [0.2, 0.25) is 10.0 Å². The third-order valence-corrected chi connectivity index (χ3v) is 7.16. The maximum Gasteiger partial charge on any atom is 0.321 e. The highest BCUT2D eigenvalue weighted by Gasteiger charge is 2.44. The molecule has 3 rings (SSSR count). The van der Waals surface area contributed by atoms with Crippen molar-refractivity contribution in [2.75, 3.05) is 26.2 Å². The number of sulfonamides is 1. The highest BCUT2D eigenvalue weighted by atomic mass is 32.2. The number of carbonyl (C=O) groups is 1. The second-order valence-electron chi connectivity index (χ2n) is 7.61. The van der Waals surface area contributed by atoms with Crippen LogP contribution in [0.3, 0.4) is 0 Å². The first-order valence-electron chi connectivity index (χ1n) is 9.46. The Labute approximate surface area is 156 Å². The molecular formula is C19H29N3O3S. The van der Waals surface area contributed by atoms with Gasteiger partial charge in [-0.05, 0) is 44.2 Å². The predicted octanol–water partition coefficient (Wildman–Crippen LogP) is 2.89. The van der Waals surface area contributed by atoms with E-state index in [0.29, 0.717) is 18.0 Å². The number of hydrogen-bond donors (Lipinski definition) is 0. The summed E-state index contributed by atoms with van der Waals surface area (Å²) in [6, 6.07) is 6.90. The number of aryl methyl sites for hydroxylation is 1. The van der Waals surface area contributed by atoms with Gasteiger partial charge in [-0.25, -0.2) is 13.2 Å². The van der Waals surface area contributed by atoms with Crippen molar-refractivity contribution < 1.29 is 13.2 Å². The summed E-state index contributed by atoms with van der Waals surface area (Å²) in [4.78, 5) is 16.9. The van der Waals surface area contributed by atoms with E-state index in [1.807, 2.05) is 37.8 Å². The molecule has 1 aromatic carbocycles. The minimum Gasteiger partial charge on any atom is -0.325 e. The molecule has 0 N–H and O–H groups in total. The van der Waals surface area contributed by atoms with Gasteiger partial charge in [-0.3, -0.25) is 0 Å². The van der Waals surface area contributed by atoms with Crippen LogP contribution in [0.2, 0.25) is 0 Å². The fraction of sp³-hybridized carbons (Fsp3) is 0.632. The van der Waals surface area contributed by atoms with E-state index in [1.165, 1.54) is 4.31 Å². The van der Waals surface area contributed by atoms with Crippen LogP contribution >= 0.6 is 0 Å². The molecule has 0 aliphatic carbocycles. The third kappa shape index (κ3) is 3.60. The van der Waals surface area contributed by atoms with Gasteiger partial charge in [-0.2, -0.15) is 4.31 Å². The molecule has 0 aromatic heterocycles. The number of carbonyl (C=O) groups excluding carboxylic acids is 1. The van der Waals surface area contributed by atoms with E-state index in [-0.39, 0.29) is 11.9 Å². The number of likely N-dealkylation sites (tertiary alicyclic amines) is 1. The molecule has 144 valence electrons. The molecule has 0 spiro atoms. The molecule has 7 heteroatoms. The fourth-order valence-corrected chi connectivity index (χ4v) is 5.62. The maximum absolute atomic E-state index is 13.2. The van der Waals surface area contributed by atoms with Crippen molar-refractivity contribution in [3.8, 4) is 0 Å². The zero-order valence-corrected chi connectivity index (χ0v) is 16.7. The number of amides is 2. The normalized spacial score (nSPS) is 22.2. The lowest BCUT2D eigenvalue weighted by Crippen LogP contribution is -2.52. The summed E-state index contributed by atoms with van der Waals surface area (Å²) in [6.07, 6.45) is 2.77. The number of nitrogens with zero attached hydrogens (tertiary/aromatic N) is 3. The molecule has 6 nitrogen and oxygen atoms in total. The zero-order chi connectivity index (χ0) is 18.9. The molecule has 1 atom stereocenters. The van der Waals surface area contributed by atoms with E-state index < -0.39 is 16.2 Å². The van der Waals surface area contributed by atoms with Crippen molar-refractivity contribution in [1.29, 1.82) is 0 Å². The smallest absolute Gasteiger partial charge is 0.321 e. The molecule has 0 radical (unpaired) electrons. The van der Waals surface area contributed by atoms with E-state index in [9.17, 15) is 13.2 Å². The Bertz CT molecular complexity index is 740. The van der Waals surface area contributed by atoms with Gasteiger partial charge in [-0.15, -0.1) is 0 Å². The molecule has 0 bridgehead atoms. The van der Waals surface area contributed by atoms with Gasteiger partial charge >= 0.3 is 6.03 Å². The Balaban J connectivity index is 1.86. The standard InChI is InChI=1S/C19H29N3O3S/c1-15(2)18-21(19(23)20-11-5-4-6-12-20)13-14-22(18)26(24,25)17-9-7-16(3)8-10-17/h7-10,15,18H,4-6,11-14H2,1-3H3/t18-/m1/s1. The van der Waals surface area contributed by atoms with Crippen LogP contribution in [0.5, 0.6) is 0 Å². The van der Waals surface area contributed by atoms with Gasteiger partial charge in [0.15, 0.2) is 0 Å². The topological polar surface area (TPSA) is 60.9 Å². The van der Waals surface area contributed by atoms with Crippen molar-refractivity contribution >= 4 is 16.1 Å². The summed E-state index contributed by atoms with van der Waals surface area (Å²) < 4.78 is 27.9. The summed E-state index contributed by atoms with van der Waals surface area (Å²) >= 11 is 0. The van der Waals surface area contributed by atoms with Gasteiger partial charge in [0.25, 0.3) is 0 Å². The predicted molar refractivity (Wildman–Crippen MR) is 101 cm³/mol. The van der Waals surface area contributed by atoms with Crippen LogP contribution in [-0.4, -0.2) is 60.9 Å². The third-order valence-electron chi connectivity index (χ3n) is 5.27. The number of hydrogen-bond acceptors (Lipinski definition) is 3. The lowest BCUT2D eigenvalue weighted by Gasteiger charge is -2.37. The van der Waals surface area contributed by atoms with Crippen LogP contribution in [-0.2, 0) is 10.0 Å². The summed E-state index contributed by atoms with van der Waals surface area (Å²) in [5.74, 6) is 0.0199. The van der Waals surface area contributed by atoms with Gasteiger partial charge < -0.3 is 9.80 Å². The van der Waals surface area contributed by atoms with Crippen LogP contribution < -0.4 is 0 Å². The summed E-state index contributed by atoms with van der Waals surface area (Å²) in [6.45, 7) is 8.22. The largest absolute Gasteiger partial charge is 0.325 e. The SMILES string of the molecule is Cc1ccc(S(=O)(=O)N2CCN(C(=O)N3CCCCC3)[C@H]2C(C)C)cc1. The average Bonchev–Trinajstić information content (AvgIpc) is 3.08. The summed E-state index contributed by atoms with van der Waals surface area (Å²) in [5, 5.41) is 0. The van der Waals surface area contributed by atoms with Crippen molar-refractivity contribution in [3.63, 3.8) is 0 Å². The van der Waals surface area contributed by atoms with Crippen LogP contribution in [0, 0.1) is 12.8 Å². The minimum absolute atomic E-state index is 0.0199. The second kappa shape index (κ2) is 7.56. The average molecular weight is 380 g/mol. The van der Waals surface area contributed by atoms with Crippen LogP contribution in [0.25, 0.3) is 0 Å². The quantitative estimate of drug-likeness (QED) is 0.811. The molecule has 2 amide bonds. The first-order chi connectivity index (χ1) is 12.3. The first kappa shape index (κ1) is 19.2. The minimum atomic E-state index is -3.63. The van der Waals surface area contributed by atoms with Gasteiger partial charge in [-0.1, -0.05) is 31.5 Å². The van der Waals surface area contributed by atoms with Crippen LogP contribution in [0.1, 0.15) is 38.7 Å². The molecular weight excluding hydrogens is 350 g/mol. The van der Waals surface area contributed by atoms with E-state index in [2.05, 4.69) is 0 Å². The number of piperidine rings is 1. The lowest BCUT2D eigenvalue weighted by atomic mass is 10.1. The number of benzene rings is 1. The fourth-order valence-electron chi connectivity index (χ4n) is 3.90. The molecule has 2 heterocycles. The second-order valence-corrected chi connectivity index (χ2v) is 9.50. The van der Waals surface area contributed by atoms with Gasteiger partial charge in [0.1, 0.15) is 6.17 Å². The van der Waals surface area contributed by atoms with Crippen molar-refractivity contribution in [2.45, 2.75) is 51.1 Å². The Morgan fingerprint density at radius 2 is 1.62 bits per heavy atom. The molecule has 26 heavy (non-hydrogen) atoms. The Morgan fingerprint density at radius 3 is 2.19 bits per heavy atom. The van der Waals surface area contributed by atoms with Crippen molar-refractivity contribution in [3.05, 3.63) is 29.8 Å². The summed E-state index contributed by atoms with van der Waals surface area (Å²) in [5.41, 5.74) is 1.02. The Hall–Kier alpha value is -1.60. The monoisotopic (exact) mass is 379 g/mol. The van der Waals surface area contributed by atoms with E-state index in [4.69, 9.17) is 0 Å². The number of rotatable bonds is 3. The molecule has 2 saturated heterocycles. The number of urea groups is 1. The van der Waals surface area contributed by atoms with Crippen molar-refractivity contribution in [1.82, 2.24) is 14.1 Å². The molecule has 2 fully saturated rings. The maximum atomic E-state index is 13.2. The zero-order valence-electron chi connectivity index (χ0n) is 15.9. The highest BCUT2D eigenvalue weighted by molar-refractivity contribution is 7.89. The van der Waals surface area contributed by atoms with Gasteiger partial charge in [0.05, 0.1) is 4.90 Å².